The van der Waals surface area contributed by atoms with E-state index in [9.17, 15) is 14.4 Å². The number of hydrogen-bond acceptors (Lipinski definition) is 6. The third kappa shape index (κ3) is 9.06. The van der Waals surface area contributed by atoms with Crippen LogP contribution >= 0.6 is 0 Å². The van der Waals surface area contributed by atoms with Crippen LogP contribution < -0.4 is 16.0 Å². The molecule has 2 heterocycles. The predicted molar refractivity (Wildman–Crippen MR) is 139 cm³/mol. The first-order chi connectivity index (χ1) is 17.7. The van der Waals surface area contributed by atoms with Crippen LogP contribution in [0, 0.1) is 12.8 Å². The Labute approximate surface area is 215 Å². The lowest BCUT2D eigenvalue weighted by Gasteiger charge is -2.18. The second-order valence-corrected chi connectivity index (χ2v) is 9.34. The number of hydrogen-bond donors (Lipinski definition) is 4. The van der Waals surface area contributed by atoms with Crippen molar-refractivity contribution in [2.45, 2.75) is 58.9 Å². The Bertz CT molecular complexity index is 1210. The molecule has 0 spiro atoms. The van der Waals surface area contributed by atoms with Crippen LogP contribution in [0.25, 0.3) is 0 Å². The summed E-state index contributed by atoms with van der Waals surface area (Å²) in [6.45, 7) is 5.98. The van der Waals surface area contributed by atoms with Crippen LogP contribution in [0.2, 0.25) is 0 Å². The van der Waals surface area contributed by atoms with Gasteiger partial charge in [-0.1, -0.05) is 37.2 Å². The lowest BCUT2D eigenvalue weighted by Crippen LogP contribution is -2.31. The minimum absolute atomic E-state index is 0.0606. The maximum Gasteiger partial charge on any atom is 0.324 e. The molecular weight excluding hydrogens is 474 g/mol. The molecule has 0 aliphatic carbocycles. The molecule has 0 aliphatic rings. The molecule has 3 aromatic rings. The average Bonchev–Trinajstić information content (AvgIpc) is 3.30. The van der Waals surface area contributed by atoms with Crippen molar-refractivity contribution in [3.05, 3.63) is 71.2 Å². The van der Waals surface area contributed by atoms with Crippen molar-refractivity contribution in [2.24, 2.45) is 5.92 Å². The quantitative estimate of drug-likeness (QED) is 0.273. The highest BCUT2D eigenvalue weighted by atomic mass is 16.5. The van der Waals surface area contributed by atoms with Gasteiger partial charge in [0.2, 0.25) is 5.91 Å². The van der Waals surface area contributed by atoms with Crippen LogP contribution in [0.5, 0.6) is 0 Å². The highest BCUT2D eigenvalue weighted by Crippen LogP contribution is 2.22. The molecule has 0 saturated carbocycles. The van der Waals surface area contributed by atoms with E-state index in [2.05, 4.69) is 39.9 Å². The van der Waals surface area contributed by atoms with E-state index in [1.807, 2.05) is 13.0 Å². The average molecular weight is 508 g/mol. The van der Waals surface area contributed by atoms with Crippen LogP contribution in [-0.4, -0.2) is 33.2 Å². The van der Waals surface area contributed by atoms with Gasteiger partial charge in [-0.15, -0.1) is 0 Å². The van der Waals surface area contributed by atoms with Crippen molar-refractivity contribution in [3.63, 3.8) is 0 Å². The lowest BCUT2D eigenvalue weighted by molar-refractivity contribution is -0.137. The number of amides is 3. The Morgan fingerprint density at radius 2 is 1.84 bits per heavy atom. The van der Waals surface area contributed by atoms with E-state index >= 15 is 0 Å². The highest BCUT2D eigenvalue weighted by molar-refractivity contribution is 5.99. The number of pyridine rings is 1. The summed E-state index contributed by atoms with van der Waals surface area (Å²) in [6, 6.07) is 11.8. The van der Waals surface area contributed by atoms with E-state index < -0.39 is 12.0 Å². The Hall–Kier alpha value is -4.21. The van der Waals surface area contributed by atoms with Gasteiger partial charge >= 0.3 is 12.0 Å². The molecule has 2 aromatic heterocycles. The first-order valence-electron chi connectivity index (χ1n) is 12.2. The third-order valence-corrected chi connectivity index (χ3v) is 5.61. The summed E-state index contributed by atoms with van der Waals surface area (Å²) in [5.74, 6) is 0.388. The minimum atomic E-state index is -0.851. The number of carbonyl (C=O) groups excluding carboxylic acids is 2. The Balaban J connectivity index is 1.54. The van der Waals surface area contributed by atoms with Gasteiger partial charge in [0.25, 0.3) is 0 Å². The van der Waals surface area contributed by atoms with Crippen molar-refractivity contribution in [1.29, 1.82) is 0 Å². The molecule has 0 aliphatic heterocycles. The molecule has 3 rings (SSSR count). The first kappa shape index (κ1) is 27.4. The summed E-state index contributed by atoms with van der Waals surface area (Å²) < 4.78 is 5.36. The number of nitrogens with zero attached hydrogens (tertiary/aromatic N) is 2. The topological polar surface area (TPSA) is 146 Å². The van der Waals surface area contributed by atoms with Crippen molar-refractivity contribution in [3.8, 4) is 0 Å². The molecular formula is C27H33N5O5. The summed E-state index contributed by atoms with van der Waals surface area (Å²) >= 11 is 0. The Kier molecular flexibility index (Phi) is 9.76. The highest BCUT2D eigenvalue weighted by Gasteiger charge is 2.20. The van der Waals surface area contributed by atoms with E-state index in [0.29, 0.717) is 48.1 Å². The molecule has 1 unspecified atom stereocenters. The molecule has 37 heavy (non-hydrogen) atoms. The number of aliphatic carboxylic acids is 1. The second-order valence-electron chi connectivity index (χ2n) is 9.34. The van der Waals surface area contributed by atoms with Crippen molar-refractivity contribution in [2.75, 3.05) is 10.6 Å². The maximum absolute atomic E-state index is 12.8. The van der Waals surface area contributed by atoms with Crippen molar-refractivity contribution in [1.82, 2.24) is 15.5 Å². The Morgan fingerprint density at radius 1 is 1.08 bits per heavy atom. The van der Waals surface area contributed by atoms with Gasteiger partial charge in [0.15, 0.2) is 0 Å². The number of urea groups is 1. The van der Waals surface area contributed by atoms with E-state index in [1.165, 1.54) is 0 Å². The number of rotatable bonds is 12. The zero-order chi connectivity index (χ0) is 26.8. The molecule has 1 aromatic carbocycles. The molecule has 10 heteroatoms. The van der Waals surface area contributed by atoms with Crippen LogP contribution in [0.4, 0.5) is 16.3 Å². The summed E-state index contributed by atoms with van der Waals surface area (Å²) in [7, 11) is 0. The number of nitrogens with one attached hydrogen (secondary N) is 3. The summed E-state index contributed by atoms with van der Waals surface area (Å²) in [5, 5.41) is 21.4. The zero-order valence-corrected chi connectivity index (χ0v) is 21.3. The van der Waals surface area contributed by atoms with E-state index in [0.717, 1.165) is 11.1 Å². The summed E-state index contributed by atoms with van der Waals surface area (Å²) in [6.07, 6.45) is 3.45. The van der Waals surface area contributed by atoms with Crippen molar-refractivity contribution < 1.29 is 24.0 Å². The SMILES string of the molecule is Cc1cccnc1NC(=O)Nc1ccc(CC(=O)NC(CC(C)C)c2cc(CCCC(=O)O)on2)cc1. The lowest BCUT2D eigenvalue weighted by atomic mass is 10.00. The van der Waals surface area contributed by atoms with Crippen molar-refractivity contribution >= 4 is 29.4 Å². The van der Waals surface area contributed by atoms with Crippen LogP contribution in [0.15, 0.2) is 53.2 Å². The normalized spacial score (nSPS) is 11.7. The number of benzene rings is 1. The van der Waals surface area contributed by atoms with Gasteiger partial charge in [0.05, 0.1) is 12.5 Å². The standard InChI is InChI=1S/C27H33N5O5/c1-17(2)14-22(23-16-21(37-32-23)7-4-8-25(34)35)30-24(33)15-19-9-11-20(12-10-19)29-27(36)31-26-18(3)6-5-13-28-26/h5-6,9-13,16-17,22H,4,7-8,14-15H2,1-3H3,(H,30,33)(H,34,35)(H2,28,29,31,36). The van der Waals surface area contributed by atoms with Crippen LogP contribution in [-0.2, 0) is 22.4 Å². The van der Waals surface area contributed by atoms with E-state index in [1.54, 1.807) is 42.6 Å². The van der Waals surface area contributed by atoms with E-state index in [4.69, 9.17) is 9.63 Å². The molecule has 0 radical (unpaired) electrons. The maximum atomic E-state index is 12.8. The van der Waals surface area contributed by atoms with Gasteiger partial charge in [-0.2, -0.15) is 0 Å². The summed E-state index contributed by atoms with van der Waals surface area (Å²) in [5.41, 5.74) is 2.86. The fraction of sp³-hybridized carbons (Fsp3) is 0.370. The zero-order valence-electron chi connectivity index (χ0n) is 21.3. The minimum Gasteiger partial charge on any atom is -0.481 e. The smallest absolute Gasteiger partial charge is 0.324 e. The fourth-order valence-corrected chi connectivity index (χ4v) is 3.77. The largest absolute Gasteiger partial charge is 0.481 e. The molecule has 1 atom stereocenters. The molecule has 0 saturated heterocycles. The number of aromatic nitrogens is 2. The fourth-order valence-electron chi connectivity index (χ4n) is 3.77. The van der Waals surface area contributed by atoms with Crippen LogP contribution in [0.3, 0.4) is 0 Å². The monoisotopic (exact) mass is 507 g/mol. The van der Waals surface area contributed by atoms with Gasteiger partial charge in [-0.25, -0.2) is 9.78 Å². The summed E-state index contributed by atoms with van der Waals surface area (Å²) in [4.78, 5) is 39.9. The number of aryl methyl sites for hydroxylation is 2. The molecule has 0 bridgehead atoms. The molecule has 4 N–H and O–H groups in total. The second kappa shape index (κ2) is 13.2. The Morgan fingerprint density at radius 3 is 2.51 bits per heavy atom. The van der Waals surface area contributed by atoms with Gasteiger partial charge < -0.3 is 20.3 Å². The van der Waals surface area contributed by atoms with Gasteiger partial charge in [-0.05, 0) is 55.0 Å². The number of carboxylic acids is 1. The number of carboxylic acid groups (broad SMARTS) is 1. The number of carbonyl (C=O) groups is 3. The van der Waals surface area contributed by atoms with Crippen LogP contribution in [0.1, 0.15) is 61.7 Å². The molecule has 0 fully saturated rings. The first-order valence-corrected chi connectivity index (χ1v) is 12.2. The number of anilines is 2. The van der Waals surface area contributed by atoms with E-state index in [-0.39, 0.29) is 24.8 Å². The third-order valence-electron chi connectivity index (χ3n) is 5.61. The molecule has 10 nitrogen and oxygen atoms in total. The predicted octanol–water partition coefficient (Wildman–Crippen LogP) is 4.88. The van der Waals surface area contributed by atoms with Gasteiger partial charge in [0.1, 0.15) is 17.3 Å². The van der Waals surface area contributed by atoms with Gasteiger partial charge in [0, 0.05) is 30.8 Å². The van der Waals surface area contributed by atoms with Gasteiger partial charge in [-0.3, -0.25) is 14.9 Å². The molecule has 196 valence electrons. The molecule has 3 amide bonds.